The van der Waals surface area contributed by atoms with Crippen LogP contribution in [0.15, 0.2) is 24.3 Å². The molecule has 3 N–H and O–H groups in total. The van der Waals surface area contributed by atoms with Crippen molar-refractivity contribution < 1.29 is 24.2 Å². The van der Waals surface area contributed by atoms with Gasteiger partial charge in [-0.3, -0.25) is 14.5 Å². The van der Waals surface area contributed by atoms with E-state index in [1.54, 1.807) is 14.1 Å². The van der Waals surface area contributed by atoms with E-state index in [0.29, 0.717) is 18.5 Å². The van der Waals surface area contributed by atoms with Crippen LogP contribution in [-0.4, -0.2) is 69.0 Å². The Morgan fingerprint density at radius 3 is 2.58 bits per heavy atom. The Balaban J connectivity index is 1.81. The summed E-state index contributed by atoms with van der Waals surface area (Å²) in [5, 5.41) is 22.9. The highest BCUT2D eigenvalue weighted by Gasteiger charge is 2.31. The van der Waals surface area contributed by atoms with Gasteiger partial charge in [0.05, 0.1) is 12.6 Å². The third kappa shape index (κ3) is 5.46. The van der Waals surface area contributed by atoms with Crippen molar-refractivity contribution in [2.24, 2.45) is 0 Å². The Bertz CT molecular complexity index is 952. The second-order valence-electron chi connectivity index (χ2n) is 7.68. The fraction of sp³-hybridized carbons (Fsp3) is 0.429. The van der Waals surface area contributed by atoms with Crippen molar-refractivity contribution in [3.8, 4) is 11.6 Å². The quantitative estimate of drug-likeness (QED) is 0.635. The summed E-state index contributed by atoms with van der Waals surface area (Å²) in [6.45, 7) is 0.904. The molecule has 0 saturated carbocycles. The van der Waals surface area contributed by atoms with Gasteiger partial charge < -0.3 is 20.4 Å². The van der Waals surface area contributed by atoms with Crippen molar-refractivity contribution in [2.45, 2.75) is 31.8 Å². The van der Waals surface area contributed by atoms with E-state index in [1.807, 2.05) is 4.90 Å². The van der Waals surface area contributed by atoms with Crippen molar-refractivity contribution in [1.29, 1.82) is 0 Å². The first kappa shape index (κ1) is 22.4. The van der Waals surface area contributed by atoms with Gasteiger partial charge in [0.2, 0.25) is 11.7 Å². The molecule has 0 radical (unpaired) electrons. The second-order valence-corrected chi connectivity index (χ2v) is 7.68. The lowest BCUT2D eigenvalue weighted by atomic mass is 10.0. The van der Waals surface area contributed by atoms with E-state index in [-0.39, 0.29) is 42.4 Å². The molecule has 1 saturated heterocycles. The number of carbonyl (C=O) groups excluding carboxylic acids is 2. The number of aromatic nitrogens is 2. The van der Waals surface area contributed by atoms with Crippen LogP contribution in [0.3, 0.4) is 0 Å². The van der Waals surface area contributed by atoms with Crippen molar-refractivity contribution in [3.63, 3.8) is 0 Å². The molecule has 1 atom stereocenters. The maximum Gasteiger partial charge on any atom is 0.274 e. The summed E-state index contributed by atoms with van der Waals surface area (Å²) in [7, 11) is 3.35. The molecular weight excluding hydrogens is 405 g/mol. The van der Waals surface area contributed by atoms with E-state index in [9.17, 15) is 24.2 Å². The number of hydrogen-bond acceptors (Lipinski definition) is 7. The number of amides is 2. The highest BCUT2D eigenvalue weighted by Crippen LogP contribution is 2.33. The minimum atomic E-state index is -0.716. The monoisotopic (exact) mass is 431 g/mol. The van der Waals surface area contributed by atoms with Crippen LogP contribution in [0.4, 0.5) is 4.39 Å². The van der Waals surface area contributed by atoms with E-state index in [4.69, 9.17) is 0 Å². The average molecular weight is 431 g/mol. The molecule has 0 bridgehead atoms. The molecule has 0 aliphatic carbocycles. The summed E-state index contributed by atoms with van der Waals surface area (Å²) in [6.07, 6.45) is 2.45. The summed E-state index contributed by atoms with van der Waals surface area (Å²) in [6, 6.07) is 5.24. The molecule has 1 aliphatic heterocycles. The fourth-order valence-corrected chi connectivity index (χ4v) is 3.42. The standard InChI is InChI=1S/C21H26FN5O4/c1-26(2)16(28)12-27-10-4-3-5-15(27)19-24-17(18(29)21(31)25-19)20(30)23-11-13-6-8-14(22)9-7-13/h6-9,15,29H,3-5,10-12H2,1-2H3,(H,23,30)(H,24,25,31). The summed E-state index contributed by atoms with van der Waals surface area (Å²) >= 11 is 0. The Hall–Kier alpha value is -3.27. The number of carbonyl (C=O) groups is 2. The lowest BCUT2D eigenvalue weighted by Crippen LogP contribution is -2.42. The van der Waals surface area contributed by atoms with E-state index in [1.165, 1.54) is 29.2 Å². The number of piperidine rings is 1. The van der Waals surface area contributed by atoms with Crippen LogP contribution < -0.4 is 5.32 Å². The minimum Gasteiger partial charge on any atom is -0.501 e. The SMILES string of the molecule is CN(C)C(=O)CN1CCCCC1c1nc(O)c(O)c(C(=O)NCc2ccc(F)cc2)n1. The molecule has 1 aromatic carbocycles. The molecule has 2 heterocycles. The van der Waals surface area contributed by atoms with Gasteiger partial charge in [-0.25, -0.2) is 9.37 Å². The topological polar surface area (TPSA) is 119 Å². The minimum absolute atomic E-state index is 0.0767. The van der Waals surface area contributed by atoms with Gasteiger partial charge in [0.25, 0.3) is 11.8 Å². The molecule has 1 fully saturated rings. The van der Waals surface area contributed by atoms with Crippen LogP contribution in [0.2, 0.25) is 0 Å². The van der Waals surface area contributed by atoms with Gasteiger partial charge >= 0.3 is 0 Å². The number of halogens is 1. The predicted molar refractivity (Wildman–Crippen MR) is 110 cm³/mol. The van der Waals surface area contributed by atoms with Crippen LogP contribution in [0, 0.1) is 5.82 Å². The first-order chi connectivity index (χ1) is 14.8. The van der Waals surface area contributed by atoms with E-state index < -0.39 is 17.5 Å². The number of likely N-dealkylation sites (N-methyl/N-ethyl adjacent to an activating group) is 1. The van der Waals surface area contributed by atoms with Crippen molar-refractivity contribution >= 4 is 11.8 Å². The van der Waals surface area contributed by atoms with E-state index in [0.717, 1.165) is 12.8 Å². The number of rotatable bonds is 6. The van der Waals surface area contributed by atoms with Crippen LogP contribution in [0.5, 0.6) is 11.6 Å². The van der Waals surface area contributed by atoms with Crippen molar-refractivity contribution in [1.82, 2.24) is 25.1 Å². The number of nitrogens with zero attached hydrogens (tertiary/aromatic N) is 4. The average Bonchev–Trinajstić information content (AvgIpc) is 2.75. The molecule has 2 amide bonds. The van der Waals surface area contributed by atoms with Gasteiger partial charge in [-0.2, -0.15) is 4.98 Å². The Labute approximate surface area is 179 Å². The smallest absolute Gasteiger partial charge is 0.274 e. The lowest BCUT2D eigenvalue weighted by molar-refractivity contribution is -0.130. The van der Waals surface area contributed by atoms with Gasteiger partial charge in [0.1, 0.15) is 5.82 Å². The fourth-order valence-electron chi connectivity index (χ4n) is 3.42. The first-order valence-electron chi connectivity index (χ1n) is 10.0. The molecule has 31 heavy (non-hydrogen) atoms. The molecule has 166 valence electrons. The van der Waals surface area contributed by atoms with E-state index >= 15 is 0 Å². The van der Waals surface area contributed by atoms with Gasteiger partial charge in [-0.05, 0) is 37.1 Å². The molecule has 0 spiro atoms. The van der Waals surface area contributed by atoms with Gasteiger partial charge in [0.15, 0.2) is 11.5 Å². The van der Waals surface area contributed by atoms with Crippen LogP contribution in [0.1, 0.15) is 47.2 Å². The van der Waals surface area contributed by atoms with Gasteiger partial charge in [-0.1, -0.05) is 18.6 Å². The Morgan fingerprint density at radius 1 is 1.19 bits per heavy atom. The molecular formula is C21H26FN5O4. The first-order valence-corrected chi connectivity index (χ1v) is 10.0. The molecule has 10 heteroatoms. The van der Waals surface area contributed by atoms with Crippen LogP contribution in [-0.2, 0) is 11.3 Å². The zero-order chi connectivity index (χ0) is 22.5. The number of aromatic hydroxyl groups is 2. The summed E-state index contributed by atoms with van der Waals surface area (Å²) in [4.78, 5) is 36.4. The molecule has 2 aromatic rings. The second kappa shape index (κ2) is 9.69. The molecule has 1 aromatic heterocycles. The molecule has 1 aliphatic rings. The predicted octanol–water partition coefficient (Wildman–Crippen LogP) is 1.57. The third-order valence-corrected chi connectivity index (χ3v) is 5.21. The zero-order valence-corrected chi connectivity index (χ0v) is 17.5. The maximum atomic E-state index is 13.0. The van der Waals surface area contributed by atoms with Gasteiger partial charge in [0, 0.05) is 20.6 Å². The van der Waals surface area contributed by atoms with Crippen molar-refractivity contribution in [3.05, 3.63) is 47.2 Å². The zero-order valence-electron chi connectivity index (χ0n) is 17.5. The number of hydrogen-bond donors (Lipinski definition) is 3. The molecule has 3 rings (SSSR count). The normalized spacial score (nSPS) is 16.7. The maximum absolute atomic E-state index is 13.0. The number of likely N-dealkylation sites (tertiary alicyclic amines) is 1. The highest BCUT2D eigenvalue weighted by molar-refractivity contribution is 5.95. The van der Waals surface area contributed by atoms with Crippen LogP contribution in [0.25, 0.3) is 0 Å². The Kier molecular flexibility index (Phi) is 7.01. The third-order valence-electron chi connectivity index (χ3n) is 5.21. The van der Waals surface area contributed by atoms with Crippen LogP contribution >= 0.6 is 0 Å². The Morgan fingerprint density at radius 2 is 1.90 bits per heavy atom. The van der Waals surface area contributed by atoms with E-state index in [2.05, 4.69) is 15.3 Å². The largest absolute Gasteiger partial charge is 0.501 e. The summed E-state index contributed by atoms with van der Waals surface area (Å²) in [5.41, 5.74) is 0.308. The lowest BCUT2D eigenvalue weighted by Gasteiger charge is -2.34. The number of nitrogens with one attached hydrogen (secondary N) is 1. The molecule has 1 unspecified atom stereocenters. The highest BCUT2D eigenvalue weighted by atomic mass is 19.1. The van der Waals surface area contributed by atoms with Gasteiger partial charge in [-0.15, -0.1) is 0 Å². The summed E-state index contributed by atoms with van der Waals surface area (Å²) < 4.78 is 13.0. The van der Waals surface area contributed by atoms with Crippen molar-refractivity contribution in [2.75, 3.05) is 27.2 Å². The summed E-state index contributed by atoms with van der Waals surface area (Å²) in [5.74, 6) is -2.40. The number of benzene rings is 1. The molecule has 9 nitrogen and oxygen atoms in total.